The maximum Gasteiger partial charge on any atom is 0.387 e. The number of carbonyl (C=O) groups is 1. The minimum Gasteiger partial charge on any atom is -0.435 e. The maximum atomic E-state index is 12.6. The summed E-state index contributed by atoms with van der Waals surface area (Å²) in [6.07, 6.45) is 3.02. The van der Waals surface area contributed by atoms with Crippen LogP contribution in [0.3, 0.4) is 0 Å². The lowest BCUT2D eigenvalue weighted by Crippen LogP contribution is -2.30. The molecule has 5 nitrogen and oxygen atoms in total. The van der Waals surface area contributed by atoms with Crippen molar-refractivity contribution in [2.75, 3.05) is 25.0 Å². The lowest BCUT2D eigenvalue weighted by molar-refractivity contribution is -0.0498. The molecule has 3 N–H and O–H groups in total. The molecule has 3 rings (SSSR count). The Hall–Kier alpha value is -2.93. The molecule has 0 bridgehead atoms. The first kappa shape index (κ1) is 18.8. The number of ether oxygens (including phenoxy) is 1. The van der Waals surface area contributed by atoms with Crippen LogP contribution in [0.1, 0.15) is 16.8 Å². The highest BCUT2D eigenvalue weighted by atomic mass is 19.3. The largest absolute Gasteiger partial charge is 0.435 e. The quantitative estimate of drug-likeness (QED) is 0.648. The molecule has 1 heterocycles. The van der Waals surface area contributed by atoms with Crippen molar-refractivity contribution in [3.05, 3.63) is 65.7 Å². The van der Waals surface area contributed by atoms with Gasteiger partial charge < -0.3 is 20.7 Å². The Morgan fingerprint density at radius 1 is 1.15 bits per heavy atom. The molecular formula is C20H21F2N3O2. The Labute approximate surface area is 156 Å². The second kappa shape index (κ2) is 9.14. The summed E-state index contributed by atoms with van der Waals surface area (Å²) in [4.78, 5) is 12.6. The van der Waals surface area contributed by atoms with E-state index in [2.05, 4.69) is 26.8 Å². The summed E-state index contributed by atoms with van der Waals surface area (Å²) >= 11 is 0. The van der Waals surface area contributed by atoms with Gasteiger partial charge in [-0.15, -0.1) is 0 Å². The first-order chi connectivity index (χ1) is 13.1. The van der Waals surface area contributed by atoms with Crippen molar-refractivity contribution in [2.45, 2.75) is 13.0 Å². The fourth-order valence-electron chi connectivity index (χ4n) is 2.78. The van der Waals surface area contributed by atoms with Gasteiger partial charge in [0.05, 0.1) is 11.3 Å². The molecule has 0 unspecified atom stereocenters. The number of amides is 1. The van der Waals surface area contributed by atoms with E-state index >= 15 is 0 Å². The highest BCUT2D eigenvalue weighted by molar-refractivity contribution is 6.00. The molecule has 0 spiro atoms. The van der Waals surface area contributed by atoms with E-state index in [0.29, 0.717) is 23.5 Å². The average molecular weight is 373 g/mol. The van der Waals surface area contributed by atoms with E-state index in [-0.39, 0.29) is 11.7 Å². The number of anilines is 2. The Kier molecular flexibility index (Phi) is 6.38. The number of para-hydroxylation sites is 1. The van der Waals surface area contributed by atoms with Gasteiger partial charge in [-0.1, -0.05) is 23.8 Å². The maximum absolute atomic E-state index is 12.6. The average Bonchev–Trinajstić information content (AvgIpc) is 2.68. The van der Waals surface area contributed by atoms with Crippen LogP contribution in [-0.2, 0) is 0 Å². The molecule has 1 amide bonds. The van der Waals surface area contributed by atoms with E-state index in [9.17, 15) is 13.6 Å². The van der Waals surface area contributed by atoms with E-state index in [0.717, 1.165) is 19.5 Å². The van der Waals surface area contributed by atoms with Crippen LogP contribution in [0.4, 0.5) is 20.2 Å². The van der Waals surface area contributed by atoms with Gasteiger partial charge in [-0.05, 0) is 49.4 Å². The zero-order valence-corrected chi connectivity index (χ0v) is 14.7. The Bertz CT molecular complexity index is 807. The Morgan fingerprint density at radius 2 is 1.93 bits per heavy atom. The third kappa shape index (κ3) is 5.52. The highest BCUT2D eigenvalue weighted by Gasteiger charge is 2.12. The van der Waals surface area contributed by atoms with E-state index < -0.39 is 6.61 Å². The molecule has 7 heteroatoms. The first-order valence-corrected chi connectivity index (χ1v) is 8.69. The summed E-state index contributed by atoms with van der Waals surface area (Å²) in [5, 5.41) is 9.33. The summed E-state index contributed by atoms with van der Waals surface area (Å²) in [6.45, 7) is -0.586. The van der Waals surface area contributed by atoms with Crippen LogP contribution in [0.5, 0.6) is 5.75 Å². The Morgan fingerprint density at radius 3 is 2.63 bits per heavy atom. The first-order valence-electron chi connectivity index (χ1n) is 8.69. The van der Waals surface area contributed by atoms with Gasteiger partial charge in [0.25, 0.3) is 5.91 Å². The van der Waals surface area contributed by atoms with Crippen LogP contribution in [-0.4, -0.2) is 32.2 Å². The lowest BCUT2D eigenvalue weighted by Gasteiger charge is -2.16. The van der Waals surface area contributed by atoms with Gasteiger partial charge >= 0.3 is 6.61 Å². The van der Waals surface area contributed by atoms with Crippen LogP contribution in [0.2, 0.25) is 0 Å². The summed E-state index contributed by atoms with van der Waals surface area (Å²) in [5.41, 5.74) is 3.02. The smallest absolute Gasteiger partial charge is 0.387 e. The van der Waals surface area contributed by atoms with Crippen LogP contribution < -0.4 is 20.7 Å². The highest BCUT2D eigenvalue weighted by Crippen LogP contribution is 2.23. The van der Waals surface area contributed by atoms with Gasteiger partial charge in [-0.25, -0.2) is 0 Å². The number of carbonyl (C=O) groups excluding carboxylic acids is 1. The molecule has 1 aliphatic heterocycles. The minimum absolute atomic E-state index is 0.0804. The fourth-order valence-corrected chi connectivity index (χ4v) is 2.78. The molecule has 0 fully saturated rings. The molecule has 0 aliphatic carbocycles. The molecule has 27 heavy (non-hydrogen) atoms. The number of nitrogens with one attached hydrogen (secondary N) is 3. The molecule has 2 aromatic carbocycles. The van der Waals surface area contributed by atoms with Gasteiger partial charge in [0, 0.05) is 18.8 Å². The number of rotatable bonds is 7. The van der Waals surface area contributed by atoms with Crippen molar-refractivity contribution in [2.24, 2.45) is 0 Å². The Balaban J connectivity index is 1.66. The molecular weight excluding hydrogens is 352 g/mol. The third-order valence-electron chi connectivity index (χ3n) is 4.16. The van der Waals surface area contributed by atoms with Crippen molar-refractivity contribution in [3.63, 3.8) is 0 Å². The van der Waals surface area contributed by atoms with Crippen molar-refractivity contribution in [3.8, 4) is 5.75 Å². The van der Waals surface area contributed by atoms with Gasteiger partial charge in [-0.2, -0.15) is 8.78 Å². The monoisotopic (exact) mass is 373 g/mol. The number of hydrogen-bond acceptors (Lipinski definition) is 4. The molecule has 0 atom stereocenters. The topological polar surface area (TPSA) is 62.4 Å². The standard InChI is InChI=1S/C20H21F2N3O2/c21-20(22)27-16-7-5-15(6-8-16)25-18-4-2-1-3-17(18)19(26)24-13-14-9-11-23-12-10-14/h1-9,20,23,25H,10-13H2,(H,24,26). The predicted molar refractivity (Wildman–Crippen MR) is 101 cm³/mol. The van der Waals surface area contributed by atoms with E-state index in [4.69, 9.17) is 0 Å². The summed E-state index contributed by atoms with van der Waals surface area (Å²) in [6, 6.07) is 13.3. The normalized spacial score (nSPS) is 13.8. The number of benzene rings is 2. The zero-order chi connectivity index (χ0) is 19.1. The number of halogens is 2. The van der Waals surface area contributed by atoms with Gasteiger partial charge in [0.1, 0.15) is 5.75 Å². The van der Waals surface area contributed by atoms with E-state index in [1.807, 2.05) is 6.07 Å². The lowest BCUT2D eigenvalue weighted by atomic mass is 10.1. The van der Waals surface area contributed by atoms with E-state index in [1.54, 1.807) is 30.3 Å². The molecule has 1 aliphatic rings. The molecule has 2 aromatic rings. The summed E-state index contributed by atoms with van der Waals surface area (Å²) < 4.78 is 28.8. The predicted octanol–water partition coefficient (Wildman–Crippen LogP) is 3.68. The van der Waals surface area contributed by atoms with Gasteiger partial charge in [-0.3, -0.25) is 4.79 Å². The minimum atomic E-state index is -2.86. The molecule has 0 aromatic heterocycles. The van der Waals surface area contributed by atoms with E-state index in [1.165, 1.54) is 17.7 Å². The van der Waals surface area contributed by atoms with Crippen molar-refractivity contribution in [1.82, 2.24) is 10.6 Å². The fraction of sp³-hybridized carbons (Fsp3) is 0.250. The number of alkyl halides is 2. The van der Waals surface area contributed by atoms with Crippen molar-refractivity contribution >= 4 is 17.3 Å². The molecule has 0 saturated heterocycles. The summed E-state index contributed by atoms with van der Waals surface area (Å²) in [7, 11) is 0. The molecule has 0 radical (unpaired) electrons. The third-order valence-corrected chi connectivity index (χ3v) is 4.16. The zero-order valence-electron chi connectivity index (χ0n) is 14.7. The molecule has 142 valence electrons. The number of hydrogen-bond donors (Lipinski definition) is 3. The van der Waals surface area contributed by atoms with Crippen LogP contribution in [0, 0.1) is 0 Å². The second-order valence-corrected chi connectivity index (χ2v) is 6.07. The van der Waals surface area contributed by atoms with Crippen LogP contribution in [0.15, 0.2) is 60.2 Å². The molecule has 0 saturated carbocycles. The van der Waals surface area contributed by atoms with Crippen molar-refractivity contribution < 1.29 is 18.3 Å². The van der Waals surface area contributed by atoms with Crippen LogP contribution >= 0.6 is 0 Å². The van der Waals surface area contributed by atoms with Gasteiger partial charge in [0.15, 0.2) is 0 Å². The van der Waals surface area contributed by atoms with Crippen LogP contribution in [0.25, 0.3) is 0 Å². The van der Waals surface area contributed by atoms with Crippen molar-refractivity contribution in [1.29, 1.82) is 0 Å². The van der Waals surface area contributed by atoms with Gasteiger partial charge in [0.2, 0.25) is 0 Å². The summed E-state index contributed by atoms with van der Waals surface area (Å²) in [5.74, 6) is -0.0907. The second-order valence-electron chi connectivity index (χ2n) is 6.07. The SMILES string of the molecule is O=C(NCC1=CCNCC1)c1ccccc1Nc1ccc(OC(F)F)cc1.